The van der Waals surface area contributed by atoms with Gasteiger partial charge in [0.15, 0.2) is 0 Å². The topological polar surface area (TPSA) is 46.9 Å². The summed E-state index contributed by atoms with van der Waals surface area (Å²) in [5, 5.41) is 7.27. The fourth-order valence-corrected chi connectivity index (χ4v) is 3.42. The number of carbonyl (C=O) groups is 1. The predicted molar refractivity (Wildman–Crippen MR) is 92.8 cm³/mol. The second-order valence-electron chi connectivity index (χ2n) is 5.67. The average Bonchev–Trinajstić information content (AvgIpc) is 3.01. The first kappa shape index (κ1) is 15.1. The van der Waals surface area contributed by atoms with Gasteiger partial charge in [0.2, 0.25) is 5.91 Å². The van der Waals surface area contributed by atoms with Crippen LogP contribution < -0.4 is 5.32 Å². The summed E-state index contributed by atoms with van der Waals surface area (Å²) in [4.78, 5) is 12.2. The highest BCUT2D eigenvalue weighted by molar-refractivity contribution is 9.10. The molecule has 0 bridgehead atoms. The fraction of sp³-hybridized carbons (Fsp3) is 0.111. The summed E-state index contributed by atoms with van der Waals surface area (Å²) in [7, 11) is 0. The van der Waals surface area contributed by atoms with Crippen LogP contribution in [-0.4, -0.2) is 15.7 Å². The molecule has 0 saturated heterocycles. The Balaban J connectivity index is 1.86. The van der Waals surface area contributed by atoms with Crippen molar-refractivity contribution in [2.45, 2.75) is 12.3 Å². The van der Waals surface area contributed by atoms with Gasteiger partial charge in [-0.1, -0.05) is 34.1 Å². The number of para-hydroxylation sites is 1. The molecule has 24 heavy (non-hydrogen) atoms. The lowest BCUT2D eigenvalue weighted by Gasteiger charge is -2.24. The number of hydrogen-bond donors (Lipinski definition) is 1. The van der Waals surface area contributed by atoms with Gasteiger partial charge in [-0.15, -0.1) is 0 Å². The molecule has 1 amide bonds. The Bertz CT molecular complexity index is 923. The van der Waals surface area contributed by atoms with Crippen molar-refractivity contribution in [3.63, 3.8) is 0 Å². The van der Waals surface area contributed by atoms with Crippen LogP contribution in [0, 0.1) is 5.82 Å². The highest BCUT2D eigenvalue weighted by atomic mass is 79.9. The van der Waals surface area contributed by atoms with E-state index in [-0.39, 0.29) is 24.1 Å². The Labute approximate surface area is 146 Å². The van der Waals surface area contributed by atoms with E-state index in [1.54, 1.807) is 23.0 Å². The fourth-order valence-electron chi connectivity index (χ4n) is 3.04. The molecule has 0 spiro atoms. The highest BCUT2D eigenvalue weighted by Gasteiger charge is 2.32. The third-order valence-corrected chi connectivity index (χ3v) is 4.65. The molecule has 0 radical (unpaired) electrons. The van der Waals surface area contributed by atoms with Gasteiger partial charge in [0.05, 0.1) is 11.9 Å². The van der Waals surface area contributed by atoms with Crippen molar-refractivity contribution in [2.75, 3.05) is 5.32 Å². The Morgan fingerprint density at radius 2 is 1.96 bits per heavy atom. The summed E-state index contributed by atoms with van der Waals surface area (Å²) >= 11 is 3.37. The molecule has 4 nitrogen and oxygen atoms in total. The number of nitrogens with one attached hydrogen (secondary N) is 1. The minimum absolute atomic E-state index is 0.149. The zero-order valence-electron chi connectivity index (χ0n) is 12.5. The Kier molecular flexibility index (Phi) is 3.69. The van der Waals surface area contributed by atoms with Crippen molar-refractivity contribution < 1.29 is 9.18 Å². The normalized spacial score (nSPS) is 16.6. The molecule has 3 aromatic rings. The van der Waals surface area contributed by atoms with Crippen LogP contribution in [-0.2, 0) is 4.79 Å². The molecule has 4 rings (SSSR count). The number of rotatable bonds is 2. The van der Waals surface area contributed by atoms with Gasteiger partial charge in [-0.05, 0) is 35.9 Å². The van der Waals surface area contributed by atoms with Crippen molar-refractivity contribution in [1.82, 2.24) is 9.78 Å². The maximum Gasteiger partial charge on any atom is 0.226 e. The van der Waals surface area contributed by atoms with E-state index in [1.807, 2.05) is 30.3 Å². The molecule has 2 heterocycles. The summed E-state index contributed by atoms with van der Waals surface area (Å²) in [6.07, 6.45) is 1.90. The van der Waals surface area contributed by atoms with E-state index in [1.165, 1.54) is 6.07 Å². The molecule has 2 aromatic carbocycles. The molecule has 1 N–H and O–H groups in total. The van der Waals surface area contributed by atoms with Crippen molar-refractivity contribution >= 4 is 27.7 Å². The number of benzene rings is 2. The Morgan fingerprint density at radius 1 is 1.17 bits per heavy atom. The van der Waals surface area contributed by atoms with Gasteiger partial charge in [-0.2, -0.15) is 5.10 Å². The maximum atomic E-state index is 14.3. The zero-order valence-corrected chi connectivity index (χ0v) is 14.1. The Hall–Kier alpha value is -2.47. The number of nitrogens with zero attached hydrogens (tertiary/aromatic N) is 2. The molecule has 1 atom stereocenters. The van der Waals surface area contributed by atoms with E-state index >= 15 is 0 Å². The third kappa shape index (κ3) is 2.53. The monoisotopic (exact) mass is 385 g/mol. The van der Waals surface area contributed by atoms with E-state index in [9.17, 15) is 9.18 Å². The van der Waals surface area contributed by atoms with Gasteiger partial charge < -0.3 is 5.32 Å². The van der Waals surface area contributed by atoms with E-state index < -0.39 is 0 Å². The summed E-state index contributed by atoms with van der Waals surface area (Å²) < 4.78 is 16.8. The van der Waals surface area contributed by atoms with Crippen LogP contribution in [0.5, 0.6) is 0 Å². The standard InChI is InChI=1S/C18H13BrFN3O/c19-11-6-7-16(20)14(8-11)13-9-17(24)22-18-15(13)10-21-23(18)12-4-2-1-3-5-12/h1-8,10,13H,9H2,(H,22,24)/t13-/m1/s1. The van der Waals surface area contributed by atoms with Crippen LogP contribution in [0.3, 0.4) is 0 Å². The summed E-state index contributed by atoms with van der Waals surface area (Å²) in [6, 6.07) is 14.3. The smallest absolute Gasteiger partial charge is 0.226 e. The van der Waals surface area contributed by atoms with Gasteiger partial charge in [0.1, 0.15) is 11.6 Å². The average molecular weight is 386 g/mol. The molecule has 120 valence electrons. The maximum absolute atomic E-state index is 14.3. The van der Waals surface area contributed by atoms with Crippen LogP contribution in [0.4, 0.5) is 10.2 Å². The largest absolute Gasteiger partial charge is 0.310 e. The second-order valence-corrected chi connectivity index (χ2v) is 6.58. The van der Waals surface area contributed by atoms with E-state index in [4.69, 9.17) is 0 Å². The SMILES string of the molecule is O=C1C[C@H](c2cc(Br)ccc2F)c2cnn(-c3ccccc3)c2N1. The number of hydrogen-bond acceptors (Lipinski definition) is 2. The van der Waals surface area contributed by atoms with Crippen molar-refractivity contribution in [3.05, 3.63) is 76.1 Å². The number of amides is 1. The van der Waals surface area contributed by atoms with Crippen LogP contribution >= 0.6 is 15.9 Å². The molecule has 0 saturated carbocycles. The first-order valence-corrected chi connectivity index (χ1v) is 8.31. The van der Waals surface area contributed by atoms with E-state index in [2.05, 4.69) is 26.3 Å². The molecule has 0 aliphatic carbocycles. The number of aromatic nitrogens is 2. The van der Waals surface area contributed by atoms with Crippen LogP contribution in [0.25, 0.3) is 5.69 Å². The van der Waals surface area contributed by atoms with Crippen molar-refractivity contribution in [3.8, 4) is 5.69 Å². The van der Waals surface area contributed by atoms with Gasteiger partial charge >= 0.3 is 0 Å². The first-order chi connectivity index (χ1) is 11.6. The lowest BCUT2D eigenvalue weighted by Crippen LogP contribution is -2.25. The predicted octanol–water partition coefficient (Wildman–Crippen LogP) is 4.25. The highest BCUT2D eigenvalue weighted by Crippen LogP contribution is 2.39. The van der Waals surface area contributed by atoms with Gasteiger partial charge in [-0.25, -0.2) is 9.07 Å². The third-order valence-electron chi connectivity index (χ3n) is 4.15. The minimum atomic E-state index is -0.358. The van der Waals surface area contributed by atoms with Crippen LogP contribution in [0.2, 0.25) is 0 Å². The number of halogens is 2. The van der Waals surface area contributed by atoms with E-state index in [0.29, 0.717) is 11.4 Å². The van der Waals surface area contributed by atoms with Gasteiger partial charge in [0, 0.05) is 22.4 Å². The molecular weight excluding hydrogens is 373 g/mol. The molecule has 1 aliphatic heterocycles. The van der Waals surface area contributed by atoms with Gasteiger partial charge in [0.25, 0.3) is 0 Å². The van der Waals surface area contributed by atoms with Crippen molar-refractivity contribution in [1.29, 1.82) is 0 Å². The number of carbonyl (C=O) groups excluding carboxylic acids is 1. The number of anilines is 1. The zero-order chi connectivity index (χ0) is 16.7. The molecular formula is C18H13BrFN3O. The van der Waals surface area contributed by atoms with Crippen LogP contribution in [0.1, 0.15) is 23.5 Å². The summed E-state index contributed by atoms with van der Waals surface area (Å²) in [5.74, 6) is -0.230. The summed E-state index contributed by atoms with van der Waals surface area (Å²) in [6.45, 7) is 0. The Morgan fingerprint density at radius 3 is 2.75 bits per heavy atom. The quantitative estimate of drug-likeness (QED) is 0.716. The molecule has 0 fully saturated rings. The van der Waals surface area contributed by atoms with Gasteiger partial charge in [-0.3, -0.25) is 4.79 Å². The number of fused-ring (bicyclic) bond motifs is 1. The molecule has 1 aromatic heterocycles. The van der Waals surface area contributed by atoms with Crippen LogP contribution in [0.15, 0.2) is 59.2 Å². The lowest BCUT2D eigenvalue weighted by molar-refractivity contribution is -0.116. The summed E-state index contributed by atoms with van der Waals surface area (Å²) in [5.41, 5.74) is 2.15. The lowest BCUT2D eigenvalue weighted by atomic mass is 9.87. The minimum Gasteiger partial charge on any atom is -0.310 e. The van der Waals surface area contributed by atoms with E-state index in [0.717, 1.165) is 15.7 Å². The first-order valence-electron chi connectivity index (χ1n) is 7.51. The molecule has 1 aliphatic rings. The molecule has 0 unspecified atom stereocenters. The second kappa shape index (κ2) is 5.87. The van der Waals surface area contributed by atoms with Crippen molar-refractivity contribution in [2.24, 2.45) is 0 Å². The molecule has 6 heteroatoms.